The van der Waals surface area contributed by atoms with E-state index in [1.165, 1.54) is 36.9 Å². The predicted molar refractivity (Wildman–Crippen MR) is 83.3 cm³/mol. The number of rotatable bonds is 4. The molecule has 3 heteroatoms. The number of ether oxygens (including phenoxy) is 1. The van der Waals surface area contributed by atoms with Crippen LogP contribution in [0.5, 0.6) is 0 Å². The number of nitrogens with one attached hydrogen (secondary N) is 1. The van der Waals surface area contributed by atoms with Crippen LogP contribution in [-0.4, -0.2) is 43.3 Å². The first-order valence-electron chi connectivity index (χ1n) is 8.04. The molecular weight excluding hydrogens is 248 g/mol. The molecule has 0 aliphatic carbocycles. The van der Waals surface area contributed by atoms with Crippen molar-refractivity contribution in [2.75, 3.05) is 31.6 Å². The van der Waals surface area contributed by atoms with Gasteiger partial charge in [-0.2, -0.15) is 0 Å². The Kier molecular flexibility index (Phi) is 4.58. The highest BCUT2D eigenvalue weighted by Crippen LogP contribution is 2.24. The summed E-state index contributed by atoms with van der Waals surface area (Å²) in [6, 6.07) is 9.34. The van der Waals surface area contributed by atoms with Gasteiger partial charge in [-0.25, -0.2) is 0 Å². The van der Waals surface area contributed by atoms with Crippen LogP contribution < -0.4 is 5.32 Å². The molecule has 1 aromatic carbocycles. The van der Waals surface area contributed by atoms with Gasteiger partial charge in [-0.05, 0) is 43.9 Å². The van der Waals surface area contributed by atoms with Gasteiger partial charge in [0.05, 0.1) is 6.10 Å². The first kappa shape index (κ1) is 13.9. The fraction of sp³-hybridized carbons (Fsp3) is 0.647. The van der Waals surface area contributed by atoms with Gasteiger partial charge in [0.2, 0.25) is 0 Å². The lowest BCUT2D eigenvalue weighted by molar-refractivity contribution is 0.0598. The number of nitrogens with zero attached hydrogens (tertiary/aromatic N) is 1. The summed E-state index contributed by atoms with van der Waals surface area (Å²) in [7, 11) is 0. The van der Waals surface area contributed by atoms with Crippen LogP contribution in [-0.2, 0) is 11.2 Å². The van der Waals surface area contributed by atoms with Crippen molar-refractivity contribution in [3.63, 3.8) is 0 Å². The Balaban J connectivity index is 1.62. The number of hydrogen-bond donors (Lipinski definition) is 1. The Labute approximate surface area is 122 Å². The number of anilines is 1. The Bertz CT molecular complexity index is 402. The summed E-state index contributed by atoms with van der Waals surface area (Å²) < 4.78 is 5.81. The van der Waals surface area contributed by atoms with Gasteiger partial charge in [0.1, 0.15) is 0 Å². The van der Waals surface area contributed by atoms with Gasteiger partial charge in [0, 0.05) is 31.4 Å². The van der Waals surface area contributed by atoms with E-state index in [9.17, 15) is 0 Å². The zero-order valence-electron chi connectivity index (χ0n) is 12.5. The molecular formula is C17H26N2O. The first-order chi connectivity index (χ1) is 9.86. The molecule has 2 unspecified atom stereocenters. The topological polar surface area (TPSA) is 24.5 Å². The molecule has 1 N–H and O–H groups in total. The minimum absolute atomic E-state index is 0.459. The SMILES string of the molecule is CCN(CC1CCCO1)C1CCc2ccccc2NC1. The number of hydrogen-bond acceptors (Lipinski definition) is 3. The highest BCUT2D eigenvalue weighted by molar-refractivity contribution is 5.52. The Hall–Kier alpha value is -1.06. The number of aryl methyl sites for hydroxylation is 1. The average molecular weight is 274 g/mol. The van der Waals surface area contributed by atoms with Crippen molar-refractivity contribution < 1.29 is 4.74 Å². The third kappa shape index (κ3) is 3.15. The summed E-state index contributed by atoms with van der Waals surface area (Å²) >= 11 is 0. The molecule has 0 radical (unpaired) electrons. The molecule has 0 spiro atoms. The van der Waals surface area contributed by atoms with Gasteiger partial charge in [-0.15, -0.1) is 0 Å². The Morgan fingerprint density at radius 3 is 3.00 bits per heavy atom. The van der Waals surface area contributed by atoms with E-state index in [1.807, 2.05) is 0 Å². The van der Waals surface area contributed by atoms with Gasteiger partial charge < -0.3 is 10.1 Å². The molecule has 0 aromatic heterocycles. The average Bonchev–Trinajstić information content (AvgIpc) is 2.90. The zero-order valence-corrected chi connectivity index (χ0v) is 12.5. The maximum atomic E-state index is 5.81. The summed E-state index contributed by atoms with van der Waals surface area (Å²) in [6.45, 7) is 6.49. The van der Waals surface area contributed by atoms with Crippen molar-refractivity contribution in [1.82, 2.24) is 4.90 Å². The molecule has 20 heavy (non-hydrogen) atoms. The van der Waals surface area contributed by atoms with Crippen LogP contribution in [0, 0.1) is 0 Å². The van der Waals surface area contributed by atoms with Crippen molar-refractivity contribution in [3.05, 3.63) is 29.8 Å². The van der Waals surface area contributed by atoms with E-state index in [1.54, 1.807) is 0 Å². The van der Waals surface area contributed by atoms with E-state index in [-0.39, 0.29) is 0 Å². The van der Waals surface area contributed by atoms with Crippen LogP contribution in [0.3, 0.4) is 0 Å². The van der Waals surface area contributed by atoms with E-state index in [0.29, 0.717) is 12.1 Å². The quantitative estimate of drug-likeness (QED) is 0.913. The summed E-state index contributed by atoms with van der Waals surface area (Å²) in [5.74, 6) is 0. The minimum atomic E-state index is 0.459. The third-order valence-corrected chi connectivity index (χ3v) is 4.68. The van der Waals surface area contributed by atoms with Crippen LogP contribution in [0.25, 0.3) is 0 Å². The number of benzene rings is 1. The van der Waals surface area contributed by atoms with Crippen molar-refractivity contribution >= 4 is 5.69 Å². The lowest BCUT2D eigenvalue weighted by atomic mass is 10.0. The maximum absolute atomic E-state index is 5.81. The van der Waals surface area contributed by atoms with Crippen LogP contribution in [0.4, 0.5) is 5.69 Å². The van der Waals surface area contributed by atoms with Gasteiger partial charge in [-0.3, -0.25) is 4.90 Å². The molecule has 1 saturated heterocycles. The maximum Gasteiger partial charge on any atom is 0.0702 e. The van der Waals surface area contributed by atoms with E-state index in [4.69, 9.17) is 4.74 Å². The first-order valence-corrected chi connectivity index (χ1v) is 8.04. The molecule has 3 rings (SSSR count). The van der Waals surface area contributed by atoms with Crippen LogP contribution in [0.2, 0.25) is 0 Å². The van der Waals surface area contributed by atoms with E-state index in [2.05, 4.69) is 41.4 Å². The number of para-hydroxylation sites is 1. The molecule has 3 nitrogen and oxygen atoms in total. The highest BCUT2D eigenvalue weighted by atomic mass is 16.5. The summed E-state index contributed by atoms with van der Waals surface area (Å²) in [5.41, 5.74) is 2.78. The summed E-state index contributed by atoms with van der Waals surface area (Å²) in [6.07, 6.45) is 5.34. The lowest BCUT2D eigenvalue weighted by Gasteiger charge is -2.31. The van der Waals surface area contributed by atoms with Gasteiger partial charge in [-0.1, -0.05) is 25.1 Å². The largest absolute Gasteiger partial charge is 0.383 e. The van der Waals surface area contributed by atoms with Crippen molar-refractivity contribution in [2.24, 2.45) is 0 Å². The molecule has 2 aliphatic rings. The Morgan fingerprint density at radius 1 is 1.30 bits per heavy atom. The van der Waals surface area contributed by atoms with E-state index in [0.717, 1.165) is 26.2 Å². The monoisotopic (exact) mass is 274 g/mol. The molecule has 0 bridgehead atoms. The molecule has 1 fully saturated rings. The molecule has 2 heterocycles. The third-order valence-electron chi connectivity index (χ3n) is 4.68. The van der Waals surface area contributed by atoms with Crippen molar-refractivity contribution in [1.29, 1.82) is 0 Å². The Morgan fingerprint density at radius 2 is 2.20 bits per heavy atom. The van der Waals surface area contributed by atoms with Crippen molar-refractivity contribution in [3.8, 4) is 0 Å². The highest BCUT2D eigenvalue weighted by Gasteiger charge is 2.25. The fourth-order valence-electron chi connectivity index (χ4n) is 3.46. The fourth-order valence-corrected chi connectivity index (χ4v) is 3.46. The van der Waals surface area contributed by atoms with E-state index >= 15 is 0 Å². The van der Waals surface area contributed by atoms with Gasteiger partial charge >= 0.3 is 0 Å². The lowest BCUT2D eigenvalue weighted by Crippen LogP contribution is -2.43. The number of fused-ring (bicyclic) bond motifs is 1. The standard InChI is InChI=1S/C17H26N2O/c1-2-19(13-16-7-5-11-20-16)15-10-9-14-6-3-4-8-17(14)18-12-15/h3-4,6,8,15-16,18H,2,5,7,9-13H2,1H3. The minimum Gasteiger partial charge on any atom is -0.383 e. The molecule has 2 aliphatic heterocycles. The zero-order chi connectivity index (χ0) is 13.8. The second-order valence-corrected chi connectivity index (χ2v) is 5.95. The second-order valence-electron chi connectivity index (χ2n) is 5.95. The smallest absolute Gasteiger partial charge is 0.0702 e. The predicted octanol–water partition coefficient (Wildman–Crippen LogP) is 2.91. The summed E-state index contributed by atoms with van der Waals surface area (Å²) in [5, 5.41) is 3.63. The summed E-state index contributed by atoms with van der Waals surface area (Å²) in [4.78, 5) is 2.61. The van der Waals surface area contributed by atoms with Crippen LogP contribution in [0.15, 0.2) is 24.3 Å². The second kappa shape index (κ2) is 6.59. The van der Waals surface area contributed by atoms with Crippen LogP contribution >= 0.6 is 0 Å². The van der Waals surface area contributed by atoms with Crippen molar-refractivity contribution in [2.45, 2.75) is 44.8 Å². The molecule has 110 valence electrons. The molecule has 0 amide bonds. The van der Waals surface area contributed by atoms with Crippen LogP contribution in [0.1, 0.15) is 31.7 Å². The van der Waals surface area contributed by atoms with Gasteiger partial charge in [0.25, 0.3) is 0 Å². The molecule has 1 aromatic rings. The number of likely N-dealkylation sites (N-methyl/N-ethyl adjacent to an activating group) is 1. The van der Waals surface area contributed by atoms with Gasteiger partial charge in [0.15, 0.2) is 0 Å². The molecule has 2 atom stereocenters. The normalized spacial score (nSPS) is 26.1. The van der Waals surface area contributed by atoms with E-state index < -0.39 is 0 Å². The molecule has 0 saturated carbocycles.